The molecule has 2 aromatic rings. The molecule has 0 aromatic heterocycles. The Morgan fingerprint density at radius 3 is 2.23 bits per heavy atom. The van der Waals surface area contributed by atoms with Gasteiger partial charge in [0.2, 0.25) is 0 Å². The lowest BCUT2D eigenvalue weighted by Gasteiger charge is -2.32. The van der Waals surface area contributed by atoms with E-state index < -0.39 is 23.6 Å². The van der Waals surface area contributed by atoms with Crippen molar-refractivity contribution in [3.8, 4) is 0 Å². The van der Waals surface area contributed by atoms with Gasteiger partial charge in [-0.15, -0.1) is 0 Å². The van der Waals surface area contributed by atoms with Crippen LogP contribution in [0.1, 0.15) is 46.1 Å². The van der Waals surface area contributed by atoms with Crippen molar-refractivity contribution in [3.63, 3.8) is 0 Å². The Balaban J connectivity index is 2.32. The number of amides is 1. The fraction of sp³-hybridized carbons (Fsp3) is 0.429. The molecule has 1 atom stereocenters. The van der Waals surface area contributed by atoms with Crippen LogP contribution < -0.4 is 0 Å². The van der Waals surface area contributed by atoms with Crippen molar-refractivity contribution in [2.75, 3.05) is 6.54 Å². The van der Waals surface area contributed by atoms with Gasteiger partial charge in [-0.1, -0.05) is 42.5 Å². The maximum atomic E-state index is 12.5. The molecule has 0 radical (unpaired) electrons. The van der Waals surface area contributed by atoms with Gasteiger partial charge < -0.3 is 14.7 Å². The Bertz CT molecular complexity index is 792. The third kappa shape index (κ3) is 4.97. The van der Waals surface area contributed by atoms with Gasteiger partial charge in [0.15, 0.2) is 0 Å². The number of carbonyl (C=O) groups excluding carboxylic acids is 1. The van der Waals surface area contributed by atoms with E-state index in [9.17, 15) is 14.7 Å². The Labute approximate surface area is 154 Å². The molecule has 1 N–H and O–H groups in total. The van der Waals surface area contributed by atoms with Crippen LogP contribution in [0.15, 0.2) is 42.5 Å². The van der Waals surface area contributed by atoms with Crippen molar-refractivity contribution in [3.05, 3.63) is 48.0 Å². The highest BCUT2D eigenvalue weighted by Gasteiger charge is 2.30. The largest absolute Gasteiger partial charge is 0.481 e. The van der Waals surface area contributed by atoms with E-state index in [1.807, 2.05) is 56.3 Å². The zero-order valence-corrected chi connectivity index (χ0v) is 16.0. The fourth-order valence-electron chi connectivity index (χ4n) is 2.76. The molecule has 0 aliphatic carbocycles. The molecule has 0 fully saturated rings. The van der Waals surface area contributed by atoms with Crippen molar-refractivity contribution >= 4 is 22.8 Å². The summed E-state index contributed by atoms with van der Waals surface area (Å²) >= 11 is 0. The lowest BCUT2D eigenvalue weighted by Crippen LogP contribution is -2.44. The van der Waals surface area contributed by atoms with Gasteiger partial charge in [-0.05, 0) is 51.0 Å². The van der Waals surface area contributed by atoms with Crippen LogP contribution in [-0.4, -0.2) is 40.3 Å². The van der Waals surface area contributed by atoms with Crippen LogP contribution in [0.5, 0.6) is 0 Å². The summed E-state index contributed by atoms with van der Waals surface area (Å²) in [7, 11) is 0. The summed E-state index contributed by atoms with van der Waals surface area (Å²) in [5.41, 5.74) is 0.0386. The second-order valence-electron chi connectivity index (χ2n) is 7.72. The summed E-state index contributed by atoms with van der Waals surface area (Å²) in [5.74, 6) is -1.79. The van der Waals surface area contributed by atoms with Gasteiger partial charge in [-0.25, -0.2) is 4.79 Å². The molecular formula is C21H27NO4. The minimum Gasteiger partial charge on any atom is -0.481 e. The van der Waals surface area contributed by atoms with Crippen LogP contribution in [0.3, 0.4) is 0 Å². The topological polar surface area (TPSA) is 66.8 Å². The van der Waals surface area contributed by atoms with E-state index in [2.05, 4.69) is 0 Å². The second-order valence-corrected chi connectivity index (χ2v) is 7.72. The number of nitrogens with zero attached hydrogens (tertiary/aromatic N) is 1. The van der Waals surface area contributed by atoms with E-state index in [-0.39, 0.29) is 12.6 Å². The first-order valence-electron chi connectivity index (χ1n) is 8.79. The van der Waals surface area contributed by atoms with Crippen molar-refractivity contribution in [2.24, 2.45) is 0 Å². The zero-order valence-electron chi connectivity index (χ0n) is 16.0. The standard InChI is InChI=1S/C21H27NO4/c1-14(2)22(20(25)26-21(3,4)5)13-18(19(23)24)17-11-10-15-8-6-7-9-16(15)12-17/h6-12,14,18H,13H2,1-5H3,(H,23,24). The predicted octanol–water partition coefficient (Wildman–Crippen LogP) is 4.65. The van der Waals surface area contributed by atoms with E-state index in [0.29, 0.717) is 5.56 Å². The third-order valence-corrected chi connectivity index (χ3v) is 4.10. The number of carbonyl (C=O) groups is 2. The van der Waals surface area contributed by atoms with E-state index in [4.69, 9.17) is 4.74 Å². The van der Waals surface area contributed by atoms with Crippen molar-refractivity contribution < 1.29 is 19.4 Å². The van der Waals surface area contributed by atoms with Crippen LogP contribution >= 0.6 is 0 Å². The van der Waals surface area contributed by atoms with Crippen molar-refractivity contribution in [2.45, 2.75) is 52.2 Å². The highest BCUT2D eigenvalue weighted by atomic mass is 16.6. The normalized spacial score (nSPS) is 12.8. The summed E-state index contributed by atoms with van der Waals surface area (Å²) in [6.07, 6.45) is -0.500. The van der Waals surface area contributed by atoms with E-state index in [1.54, 1.807) is 20.8 Å². The Hall–Kier alpha value is -2.56. The lowest BCUT2D eigenvalue weighted by atomic mass is 9.95. The summed E-state index contributed by atoms with van der Waals surface area (Å²) in [6.45, 7) is 9.14. The molecule has 140 valence electrons. The number of hydrogen-bond donors (Lipinski definition) is 1. The number of hydrogen-bond acceptors (Lipinski definition) is 3. The number of aliphatic carboxylic acids is 1. The monoisotopic (exact) mass is 357 g/mol. The molecule has 2 rings (SSSR count). The van der Waals surface area contributed by atoms with Crippen LogP contribution in [-0.2, 0) is 9.53 Å². The Morgan fingerprint density at radius 1 is 1.08 bits per heavy atom. The SMILES string of the molecule is CC(C)N(CC(C(=O)O)c1ccc2ccccc2c1)C(=O)OC(C)(C)C. The van der Waals surface area contributed by atoms with Crippen molar-refractivity contribution in [1.82, 2.24) is 4.90 Å². The van der Waals surface area contributed by atoms with Crippen LogP contribution in [0.2, 0.25) is 0 Å². The van der Waals surface area contributed by atoms with Crippen molar-refractivity contribution in [1.29, 1.82) is 0 Å². The number of rotatable bonds is 5. The molecule has 0 aliphatic heterocycles. The Kier molecular flexibility index (Phi) is 5.90. The first-order chi connectivity index (χ1) is 12.1. The number of benzene rings is 2. The summed E-state index contributed by atoms with van der Waals surface area (Å²) in [6, 6.07) is 13.2. The summed E-state index contributed by atoms with van der Waals surface area (Å²) < 4.78 is 5.44. The number of carboxylic acid groups (broad SMARTS) is 1. The predicted molar refractivity (Wildman–Crippen MR) is 102 cm³/mol. The average Bonchev–Trinajstić information content (AvgIpc) is 2.52. The van der Waals surface area contributed by atoms with Gasteiger partial charge in [0, 0.05) is 12.6 Å². The molecule has 1 unspecified atom stereocenters. The van der Waals surface area contributed by atoms with Crippen LogP contribution in [0.4, 0.5) is 4.79 Å². The molecule has 0 spiro atoms. The minimum atomic E-state index is -0.963. The minimum absolute atomic E-state index is 0.0558. The number of ether oxygens (including phenoxy) is 1. The second kappa shape index (κ2) is 7.77. The molecule has 2 aromatic carbocycles. The maximum absolute atomic E-state index is 12.5. The fourth-order valence-corrected chi connectivity index (χ4v) is 2.76. The summed E-state index contributed by atoms with van der Waals surface area (Å²) in [5, 5.41) is 11.8. The average molecular weight is 357 g/mol. The highest BCUT2D eigenvalue weighted by Crippen LogP contribution is 2.24. The first-order valence-corrected chi connectivity index (χ1v) is 8.79. The molecule has 26 heavy (non-hydrogen) atoms. The Morgan fingerprint density at radius 2 is 1.69 bits per heavy atom. The first kappa shape index (κ1) is 19.8. The van der Waals surface area contributed by atoms with Gasteiger partial charge in [0.1, 0.15) is 5.60 Å². The summed E-state index contributed by atoms with van der Waals surface area (Å²) in [4.78, 5) is 25.9. The molecule has 0 saturated carbocycles. The van der Waals surface area contributed by atoms with Gasteiger partial charge in [0.05, 0.1) is 5.92 Å². The molecular weight excluding hydrogens is 330 g/mol. The highest BCUT2D eigenvalue weighted by molar-refractivity contribution is 5.85. The van der Waals surface area contributed by atoms with Gasteiger partial charge in [0.25, 0.3) is 0 Å². The quantitative estimate of drug-likeness (QED) is 0.845. The lowest BCUT2D eigenvalue weighted by molar-refractivity contribution is -0.139. The molecule has 0 heterocycles. The smallest absolute Gasteiger partial charge is 0.410 e. The zero-order chi connectivity index (χ0) is 19.5. The molecule has 1 amide bonds. The molecule has 5 heteroatoms. The molecule has 0 saturated heterocycles. The van der Waals surface area contributed by atoms with E-state index in [1.165, 1.54) is 4.90 Å². The van der Waals surface area contributed by atoms with E-state index >= 15 is 0 Å². The third-order valence-electron chi connectivity index (χ3n) is 4.10. The van der Waals surface area contributed by atoms with Gasteiger partial charge in [-0.3, -0.25) is 4.79 Å². The van der Waals surface area contributed by atoms with Gasteiger partial charge >= 0.3 is 12.1 Å². The van der Waals surface area contributed by atoms with Crippen LogP contribution in [0.25, 0.3) is 10.8 Å². The van der Waals surface area contributed by atoms with Gasteiger partial charge in [-0.2, -0.15) is 0 Å². The molecule has 5 nitrogen and oxygen atoms in total. The van der Waals surface area contributed by atoms with E-state index in [0.717, 1.165) is 10.8 Å². The maximum Gasteiger partial charge on any atom is 0.410 e. The molecule has 0 bridgehead atoms. The van der Waals surface area contributed by atoms with Crippen LogP contribution in [0, 0.1) is 0 Å². The molecule has 0 aliphatic rings. The number of fused-ring (bicyclic) bond motifs is 1. The number of carboxylic acids is 1.